The predicted molar refractivity (Wildman–Crippen MR) is 84.1 cm³/mol. The monoisotopic (exact) mass is 291 g/mol. The molecule has 1 atom stereocenters. The maximum atomic E-state index is 6.38. The first-order valence-corrected chi connectivity index (χ1v) is 7.43. The highest BCUT2D eigenvalue weighted by Crippen LogP contribution is 2.25. The highest BCUT2D eigenvalue weighted by atomic mass is 35.5. The van der Waals surface area contributed by atoms with Gasteiger partial charge in [-0.15, -0.1) is 0 Å². The first kappa shape index (κ1) is 15.1. The van der Waals surface area contributed by atoms with E-state index < -0.39 is 0 Å². The molecule has 20 heavy (non-hydrogen) atoms. The zero-order valence-electron chi connectivity index (χ0n) is 12.4. The summed E-state index contributed by atoms with van der Waals surface area (Å²) >= 11 is 6.25. The summed E-state index contributed by atoms with van der Waals surface area (Å²) < 4.78 is 1.93. The minimum absolute atomic E-state index is 0.128. The van der Waals surface area contributed by atoms with Gasteiger partial charge in [0.1, 0.15) is 0 Å². The number of hydrogen-bond donors (Lipinski definition) is 1. The van der Waals surface area contributed by atoms with Gasteiger partial charge in [0.2, 0.25) is 0 Å². The van der Waals surface area contributed by atoms with Crippen molar-refractivity contribution in [2.45, 2.75) is 46.2 Å². The fraction of sp³-hybridized carbons (Fsp3) is 0.438. The Morgan fingerprint density at radius 2 is 2.10 bits per heavy atom. The molecule has 1 aromatic heterocycles. The number of nitrogens with zero attached hydrogens (tertiary/aromatic N) is 2. The van der Waals surface area contributed by atoms with E-state index in [1.165, 1.54) is 16.7 Å². The number of aromatic nitrogens is 2. The third kappa shape index (κ3) is 3.22. The molecule has 1 unspecified atom stereocenters. The molecule has 4 heteroatoms. The van der Waals surface area contributed by atoms with Crippen molar-refractivity contribution in [3.8, 4) is 0 Å². The molecule has 0 saturated carbocycles. The van der Waals surface area contributed by atoms with E-state index >= 15 is 0 Å². The van der Waals surface area contributed by atoms with E-state index in [1.54, 1.807) is 6.20 Å². The molecule has 0 spiro atoms. The fourth-order valence-electron chi connectivity index (χ4n) is 2.48. The fourth-order valence-corrected chi connectivity index (χ4v) is 2.77. The molecule has 0 radical (unpaired) electrons. The van der Waals surface area contributed by atoms with Crippen LogP contribution in [0.2, 0.25) is 5.02 Å². The third-order valence-electron chi connectivity index (χ3n) is 3.56. The highest BCUT2D eigenvalue weighted by Gasteiger charge is 2.17. The van der Waals surface area contributed by atoms with Gasteiger partial charge in [-0.3, -0.25) is 4.68 Å². The average molecular weight is 292 g/mol. The molecule has 0 aliphatic carbocycles. The molecule has 0 bridgehead atoms. The van der Waals surface area contributed by atoms with Crippen molar-refractivity contribution in [1.29, 1.82) is 0 Å². The van der Waals surface area contributed by atoms with Crippen LogP contribution in [0.4, 0.5) is 0 Å². The maximum Gasteiger partial charge on any atom is 0.0834 e. The molecule has 0 amide bonds. The van der Waals surface area contributed by atoms with Crippen molar-refractivity contribution < 1.29 is 0 Å². The topological polar surface area (TPSA) is 43.8 Å². The Labute approximate surface area is 125 Å². The summed E-state index contributed by atoms with van der Waals surface area (Å²) in [4.78, 5) is 0. The van der Waals surface area contributed by atoms with E-state index in [1.807, 2.05) is 4.68 Å². The van der Waals surface area contributed by atoms with Crippen LogP contribution in [0.5, 0.6) is 0 Å². The van der Waals surface area contributed by atoms with Gasteiger partial charge in [-0.05, 0) is 37.8 Å². The number of nitrogens with two attached hydrogens (primary N) is 1. The quantitative estimate of drug-likeness (QED) is 0.910. The van der Waals surface area contributed by atoms with Gasteiger partial charge in [0.25, 0.3) is 0 Å². The van der Waals surface area contributed by atoms with Crippen molar-refractivity contribution in [1.82, 2.24) is 9.78 Å². The molecule has 2 rings (SSSR count). The van der Waals surface area contributed by atoms with Crippen molar-refractivity contribution in [2.24, 2.45) is 5.73 Å². The standard InChI is InChI=1S/C16H22ClN3/c1-4-7-20-16(14(17)10-19-20)15(18)9-13-8-11(2)5-6-12(13)3/h5-6,8,10,15H,4,7,9,18H2,1-3H3. The SMILES string of the molecule is CCCn1ncc(Cl)c1C(N)Cc1cc(C)ccc1C. The largest absolute Gasteiger partial charge is 0.322 e. The van der Waals surface area contributed by atoms with Crippen LogP contribution in [0, 0.1) is 13.8 Å². The Kier molecular flexibility index (Phi) is 4.84. The molecule has 3 nitrogen and oxygen atoms in total. The maximum absolute atomic E-state index is 6.38. The molecule has 2 aromatic rings. The first-order valence-electron chi connectivity index (χ1n) is 7.05. The lowest BCUT2D eigenvalue weighted by atomic mass is 9.98. The second kappa shape index (κ2) is 6.42. The summed E-state index contributed by atoms with van der Waals surface area (Å²) in [6.07, 6.45) is 3.49. The molecule has 108 valence electrons. The Bertz CT molecular complexity index is 589. The number of hydrogen-bond acceptors (Lipinski definition) is 2. The molecule has 1 aromatic carbocycles. The zero-order valence-corrected chi connectivity index (χ0v) is 13.1. The van der Waals surface area contributed by atoms with E-state index in [-0.39, 0.29) is 6.04 Å². The van der Waals surface area contributed by atoms with Crippen LogP contribution in [0.25, 0.3) is 0 Å². The summed E-state index contributed by atoms with van der Waals surface area (Å²) in [5, 5.41) is 4.98. The van der Waals surface area contributed by atoms with Crippen LogP contribution in [-0.2, 0) is 13.0 Å². The first-order chi connectivity index (χ1) is 9.52. The lowest BCUT2D eigenvalue weighted by Crippen LogP contribution is -2.19. The number of halogens is 1. The molecular formula is C16H22ClN3. The van der Waals surface area contributed by atoms with Gasteiger partial charge in [-0.2, -0.15) is 5.10 Å². The minimum Gasteiger partial charge on any atom is -0.322 e. The molecule has 1 heterocycles. The van der Waals surface area contributed by atoms with E-state index in [4.69, 9.17) is 17.3 Å². The van der Waals surface area contributed by atoms with Crippen LogP contribution in [0.3, 0.4) is 0 Å². The Morgan fingerprint density at radius 3 is 2.80 bits per heavy atom. The summed E-state index contributed by atoms with van der Waals surface area (Å²) in [5.41, 5.74) is 11.1. The highest BCUT2D eigenvalue weighted by molar-refractivity contribution is 6.31. The molecule has 0 aliphatic heterocycles. The van der Waals surface area contributed by atoms with Gasteiger partial charge >= 0.3 is 0 Å². The van der Waals surface area contributed by atoms with Crippen LogP contribution in [-0.4, -0.2) is 9.78 Å². The summed E-state index contributed by atoms with van der Waals surface area (Å²) in [6.45, 7) is 7.19. The second-order valence-corrected chi connectivity index (χ2v) is 5.75. The summed E-state index contributed by atoms with van der Waals surface area (Å²) in [6, 6.07) is 6.34. The van der Waals surface area contributed by atoms with Crippen LogP contribution < -0.4 is 5.73 Å². The van der Waals surface area contributed by atoms with Gasteiger partial charge in [0.15, 0.2) is 0 Å². The van der Waals surface area contributed by atoms with Gasteiger partial charge in [0, 0.05) is 6.54 Å². The van der Waals surface area contributed by atoms with Crippen molar-refractivity contribution in [2.75, 3.05) is 0 Å². The Hall–Kier alpha value is -1.32. The van der Waals surface area contributed by atoms with Crippen molar-refractivity contribution >= 4 is 11.6 Å². The molecular weight excluding hydrogens is 270 g/mol. The lowest BCUT2D eigenvalue weighted by Gasteiger charge is -2.16. The van der Waals surface area contributed by atoms with Crippen molar-refractivity contribution in [3.63, 3.8) is 0 Å². The van der Waals surface area contributed by atoms with Gasteiger partial charge in [-0.25, -0.2) is 0 Å². The molecule has 0 fully saturated rings. The minimum atomic E-state index is -0.128. The Balaban J connectivity index is 2.25. The number of aryl methyl sites for hydroxylation is 3. The molecule has 0 saturated heterocycles. The predicted octanol–water partition coefficient (Wildman–Crippen LogP) is 3.81. The van der Waals surface area contributed by atoms with Gasteiger partial charge < -0.3 is 5.73 Å². The second-order valence-electron chi connectivity index (χ2n) is 5.34. The normalized spacial score (nSPS) is 12.7. The van der Waals surface area contributed by atoms with Crippen LogP contribution in [0.1, 0.15) is 41.8 Å². The zero-order chi connectivity index (χ0) is 14.7. The van der Waals surface area contributed by atoms with Gasteiger partial charge in [-0.1, -0.05) is 42.3 Å². The lowest BCUT2D eigenvalue weighted by molar-refractivity contribution is 0.537. The molecule has 2 N–H and O–H groups in total. The van der Waals surface area contributed by atoms with Crippen molar-refractivity contribution in [3.05, 3.63) is 51.8 Å². The van der Waals surface area contributed by atoms with E-state index in [2.05, 4.69) is 44.1 Å². The van der Waals surface area contributed by atoms with E-state index in [9.17, 15) is 0 Å². The average Bonchev–Trinajstić information content (AvgIpc) is 2.75. The van der Waals surface area contributed by atoms with Crippen LogP contribution in [0.15, 0.2) is 24.4 Å². The number of rotatable bonds is 5. The summed E-state index contributed by atoms with van der Waals surface area (Å²) in [7, 11) is 0. The van der Waals surface area contributed by atoms with E-state index in [0.29, 0.717) is 5.02 Å². The number of benzene rings is 1. The van der Waals surface area contributed by atoms with Crippen LogP contribution >= 0.6 is 11.6 Å². The molecule has 0 aliphatic rings. The van der Waals surface area contributed by atoms with E-state index in [0.717, 1.165) is 25.1 Å². The Morgan fingerprint density at radius 1 is 1.35 bits per heavy atom. The van der Waals surface area contributed by atoms with Gasteiger partial charge in [0.05, 0.1) is 23.0 Å². The smallest absolute Gasteiger partial charge is 0.0834 e. The summed E-state index contributed by atoms with van der Waals surface area (Å²) in [5.74, 6) is 0. The third-order valence-corrected chi connectivity index (χ3v) is 3.86.